The van der Waals surface area contributed by atoms with Crippen molar-refractivity contribution < 1.29 is 14.3 Å². The van der Waals surface area contributed by atoms with Gasteiger partial charge in [-0.2, -0.15) is 0 Å². The summed E-state index contributed by atoms with van der Waals surface area (Å²) in [5.41, 5.74) is 6.36. The van der Waals surface area contributed by atoms with E-state index in [0.29, 0.717) is 21.5 Å². The van der Waals surface area contributed by atoms with Gasteiger partial charge in [-0.25, -0.2) is 4.79 Å². The highest BCUT2D eigenvalue weighted by molar-refractivity contribution is 9.10. The molecule has 0 atom stereocenters. The molecule has 0 spiro atoms. The van der Waals surface area contributed by atoms with Crippen molar-refractivity contribution in [3.63, 3.8) is 0 Å². The van der Waals surface area contributed by atoms with E-state index in [2.05, 4.69) is 20.7 Å². The van der Waals surface area contributed by atoms with E-state index in [1.807, 2.05) is 13.8 Å². The SMILES string of the molecule is COC(=O)c1c(N)ccc(OC(C)C)c1Br. The van der Waals surface area contributed by atoms with Crippen LogP contribution in [-0.4, -0.2) is 19.2 Å². The zero-order valence-electron chi connectivity index (χ0n) is 9.41. The van der Waals surface area contributed by atoms with Crippen LogP contribution in [0, 0.1) is 0 Å². The lowest BCUT2D eigenvalue weighted by atomic mass is 10.1. The Morgan fingerprint density at radius 1 is 1.44 bits per heavy atom. The maximum Gasteiger partial charge on any atom is 0.341 e. The molecule has 0 aromatic heterocycles. The Kier molecular flexibility index (Phi) is 4.18. The lowest BCUT2D eigenvalue weighted by Crippen LogP contribution is -2.10. The van der Waals surface area contributed by atoms with Crippen molar-refractivity contribution in [2.24, 2.45) is 0 Å². The van der Waals surface area contributed by atoms with Crippen LogP contribution in [0.3, 0.4) is 0 Å². The van der Waals surface area contributed by atoms with Gasteiger partial charge in [-0.15, -0.1) is 0 Å². The number of hydrogen-bond donors (Lipinski definition) is 1. The Morgan fingerprint density at radius 3 is 2.56 bits per heavy atom. The molecule has 88 valence electrons. The number of rotatable bonds is 3. The van der Waals surface area contributed by atoms with Gasteiger partial charge in [0.05, 0.1) is 17.7 Å². The molecule has 0 saturated heterocycles. The fourth-order valence-corrected chi connectivity index (χ4v) is 1.84. The van der Waals surface area contributed by atoms with Gasteiger partial charge in [-0.3, -0.25) is 0 Å². The Bertz CT molecular complexity index is 404. The average molecular weight is 288 g/mol. The molecule has 16 heavy (non-hydrogen) atoms. The summed E-state index contributed by atoms with van der Waals surface area (Å²) >= 11 is 3.30. The minimum atomic E-state index is -0.487. The molecule has 0 heterocycles. The Hall–Kier alpha value is -1.23. The van der Waals surface area contributed by atoms with Crippen LogP contribution < -0.4 is 10.5 Å². The predicted molar refractivity (Wildman–Crippen MR) is 65.7 cm³/mol. The number of anilines is 1. The van der Waals surface area contributed by atoms with E-state index in [9.17, 15) is 4.79 Å². The van der Waals surface area contributed by atoms with Crippen molar-refractivity contribution in [1.29, 1.82) is 0 Å². The second kappa shape index (κ2) is 5.21. The minimum absolute atomic E-state index is 0.0189. The highest BCUT2D eigenvalue weighted by atomic mass is 79.9. The molecule has 0 unspecified atom stereocenters. The Labute approximate surface area is 103 Å². The number of benzene rings is 1. The quantitative estimate of drug-likeness (QED) is 0.686. The molecular formula is C11H14BrNO3. The highest BCUT2D eigenvalue weighted by Gasteiger charge is 2.18. The van der Waals surface area contributed by atoms with Gasteiger partial charge in [0.25, 0.3) is 0 Å². The standard InChI is InChI=1S/C11H14BrNO3/c1-6(2)16-8-5-4-7(13)9(10(8)12)11(14)15-3/h4-6H,13H2,1-3H3. The van der Waals surface area contributed by atoms with Crippen LogP contribution in [0.25, 0.3) is 0 Å². The summed E-state index contributed by atoms with van der Waals surface area (Å²) in [7, 11) is 1.31. The molecule has 0 aliphatic rings. The van der Waals surface area contributed by atoms with Crippen molar-refractivity contribution in [1.82, 2.24) is 0 Å². The van der Waals surface area contributed by atoms with Crippen LogP contribution in [0.15, 0.2) is 16.6 Å². The lowest BCUT2D eigenvalue weighted by Gasteiger charge is -2.14. The number of ether oxygens (including phenoxy) is 2. The maximum atomic E-state index is 11.5. The molecule has 2 N–H and O–H groups in total. The van der Waals surface area contributed by atoms with E-state index in [0.717, 1.165) is 0 Å². The van der Waals surface area contributed by atoms with Gasteiger partial charge in [0.1, 0.15) is 11.3 Å². The summed E-state index contributed by atoms with van der Waals surface area (Å²) in [6.45, 7) is 3.81. The first kappa shape index (κ1) is 12.8. The summed E-state index contributed by atoms with van der Waals surface area (Å²) in [5.74, 6) is 0.0863. The molecule has 0 bridgehead atoms. The van der Waals surface area contributed by atoms with Gasteiger partial charge in [0.15, 0.2) is 0 Å². The predicted octanol–water partition coefficient (Wildman–Crippen LogP) is 2.61. The zero-order chi connectivity index (χ0) is 12.3. The second-order valence-electron chi connectivity index (χ2n) is 3.50. The van der Waals surface area contributed by atoms with E-state index in [1.54, 1.807) is 12.1 Å². The van der Waals surface area contributed by atoms with E-state index < -0.39 is 5.97 Å². The lowest BCUT2D eigenvalue weighted by molar-refractivity contribution is 0.0600. The summed E-state index contributed by atoms with van der Waals surface area (Å²) in [6.07, 6.45) is 0.0189. The molecule has 1 rings (SSSR count). The van der Waals surface area contributed by atoms with Crippen molar-refractivity contribution in [3.8, 4) is 5.75 Å². The van der Waals surface area contributed by atoms with E-state index in [4.69, 9.17) is 10.5 Å². The average Bonchev–Trinajstić information content (AvgIpc) is 2.21. The number of carbonyl (C=O) groups is 1. The summed E-state index contributed by atoms with van der Waals surface area (Å²) < 4.78 is 10.7. The van der Waals surface area contributed by atoms with Gasteiger partial charge in [0, 0.05) is 5.69 Å². The van der Waals surface area contributed by atoms with Gasteiger partial charge in [-0.05, 0) is 41.9 Å². The Morgan fingerprint density at radius 2 is 2.06 bits per heavy atom. The molecule has 0 saturated carbocycles. The number of carbonyl (C=O) groups excluding carboxylic acids is 1. The van der Waals surface area contributed by atoms with Crippen molar-refractivity contribution >= 4 is 27.6 Å². The molecule has 0 radical (unpaired) electrons. The van der Waals surface area contributed by atoms with Crippen molar-refractivity contribution in [3.05, 3.63) is 22.2 Å². The molecule has 0 amide bonds. The van der Waals surface area contributed by atoms with Crippen molar-refractivity contribution in [2.45, 2.75) is 20.0 Å². The van der Waals surface area contributed by atoms with Crippen LogP contribution >= 0.6 is 15.9 Å². The highest BCUT2D eigenvalue weighted by Crippen LogP contribution is 2.33. The monoisotopic (exact) mass is 287 g/mol. The van der Waals surface area contributed by atoms with Gasteiger partial charge in [-0.1, -0.05) is 0 Å². The maximum absolute atomic E-state index is 11.5. The number of hydrogen-bond acceptors (Lipinski definition) is 4. The topological polar surface area (TPSA) is 61.5 Å². The normalized spacial score (nSPS) is 10.3. The molecular weight excluding hydrogens is 274 g/mol. The van der Waals surface area contributed by atoms with Crippen LogP contribution in [0.4, 0.5) is 5.69 Å². The molecule has 5 heteroatoms. The fraction of sp³-hybridized carbons (Fsp3) is 0.364. The van der Waals surface area contributed by atoms with Crippen LogP contribution in [-0.2, 0) is 4.74 Å². The van der Waals surface area contributed by atoms with E-state index in [-0.39, 0.29) is 6.10 Å². The van der Waals surface area contributed by atoms with Gasteiger partial charge >= 0.3 is 5.97 Å². The number of halogens is 1. The third-order valence-corrected chi connectivity index (χ3v) is 2.68. The third-order valence-electron chi connectivity index (χ3n) is 1.89. The fourth-order valence-electron chi connectivity index (χ4n) is 1.23. The molecule has 0 aliphatic carbocycles. The Balaban J connectivity index is 3.21. The van der Waals surface area contributed by atoms with Crippen molar-refractivity contribution in [2.75, 3.05) is 12.8 Å². The second-order valence-corrected chi connectivity index (χ2v) is 4.29. The largest absolute Gasteiger partial charge is 0.490 e. The van der Waals surface area contributed by atoms with E-state index >= 15 is 0 Å². The van der Waals surface area contributed by atoms with E-state index in [1.165, 1.54) is 7.11 Å². The van der Waals surface area contributed by atoms with Crippen LogP contribution in [0.1, 0.15) is 24.2 Å². The minimum Gasteiger partial charge on any atom is -0.490 e. The molecule has 1 aromatic carbocycles. The summed E-state index contributed by atoms with van der Waals surface area (Å²) in [5, 5.41) is 0. The number of esters is 1. The summed E-state index contributed by atoms with van der Waals surface area (Å²) in [6, 6.07) is 3.33. The number of nitrogens with two attached hydrogens (primary N) is 1. The first-order chi connectivity index (χ1) is 7.47. The molecule has 0 fully saturated rings. The molecule has 4 nitrogen and oxygen atoms in total. The summed E-state index contributed by atoms with van der Waals surface area (Å²) in [4.78, 5) is 11.5. The number of nitrogen functional groups attached to an aromatic ring is 1. The first-order valence-electron chi connectivity index (χ1n) is 4.80. The first-order valence-corrected chi connectivity index (χ1v) is 5.59. The number of methoxy groups -OCH3 is 1. The molecule has 1 aromatic rings. The molecule has 0 aliphatic heterocycles. The third kappa shape index (κ3) is 2.66. The van der Waals surface area contributed by atoms with Crippen LogP contribution in [0.5, 0.6) is 5.75 Å². The smallest absolute Gasteiger partial charge is 0.341 e. The van der Waals surface area contributed by atoms with Gasteiger partial charge < -0.3 is 15.2 Å². The zero-order valence-corrected chi connectivity index (χ0v) is 11.0. The van der Waals surface area contributed by atoms with Crippen LogP contribution in [0.2, 0.25) is 0 Å². The van der Waals surface area contributed by atoms with Gasteiger partial charge in [0.2, 0.25) is 0 Å².